The van der Waals surface area contributed by atoms with Gasteiger partial charge in [0.15, 0.2) is 6.29 Å². The van der Waals surface area contributed by atoms with Crippen LogP contribution in [-0.4, -0.2) is 32.5 Å². The van der Waals surface area contributed by atoms with Crippen molar-refractivity contribution in [2.45, 2.75) is 32.6 Å². The molecule has 0 aromatic heterocycles. The molecule has 20 heavy (non-hydrogen) atoms. The number of amides is 1. The molecule has 1 amide bonds. The van der Waals surface area contributed by atoms with E-state index >= 15 is 0 Å². The van der Waals surface area contributed by atoms with Gasteiger partial charge in [0.1, 0.15) is 0 Å². The highest BCUT2D eigenvalue weighted by Gasteiger charge is 2.16. The summed E-state index contributed by atoms with van der Waals surface area (Å²) >= 11 is 6.14. The van der Waals surface area contributed by atoms with Gasteiger partial charge >= 0.3 is 0 Å². The third-order valence-corrected chi connectivity index (χ3v) is 3.16. The first kappa shape index (κ1) is 16.8. The van der Waals surface area contributed by atoms with Gasteiger partial charge in [-0.25, -0.2) is 0 Å². The van der Waals surface area contributed by atoms with E-state index in [0.717, 1.165) is 0 Å². The van der Waals surface area contributed by atoms with Crippen LogP contribution in [0.4, 0.5) is 11.4 Å². The molecule has 0 saturated carbocycles. The van der Waals surface area contributed by atoms with Crippen molar-refractivity contribution < 1.29 is 14.3 Å². The first-order chi connectivity index (χ1) is 9.51. The largest absolute Gasteiger partial charge is 0.376 e. The minimum atomic E-state index is -0.389. The molecule has 0 aliphatic carbocycles. The maximum absolute atomic E-state index is 11.4. The number of ether oxygens (including phenoxy) is 2. The zero-order valence-corrected chi connectivity index (χ0v) is 13.0. The topological polar surface area (TPSA) is 59.6 Å². The lowest BCUT2D eigenvalue weighted by Gasteiger charge is -2.24. The molecular formula is C14H21ClN2O3. The van der Waals surface area contributed by atoms with Crippen molar-refractivity contribution in [2.75, 3.05) is 24.9 Å². The number of halogens is 1. The third-order valence-electron chi connectivity index (χ3n) is 2.83. The molecule has 1 atom stereocenters. The van der Waals surface area contributed by atoms with E-state index in [0.29, 0.717) is 22.8 Å². The first-order valence-corrected chi connectivity index (χ1v) is 6.81. The highest BCUT2D eigenvalue weighted by molar-refractivity contribution is 6.33. The number of carbonyl (C=O) groups is 1. The fourth-order valence-corrected chi connectivity index (χ4v) is 1.95. The van der Waals surface area contributed by atoms with Crippen LogP contribution in [0.15, 0.2) is 18.2 Å². The molecule has 1 aromatic carbocycles. The minimum Gasteiger partial charge on any atom is -0.376 e. The molecule has 0 bridgehead atoms. The summed E-state index contributed by atoms with van der Waals surface area (Å²) < 4.78 is 10.4. The number of hydrogen-bond acceptors (Lipinski definition) is 4. The summed E-state index contributed by atoms with van der Waals surface area (Å²) in [6.07, 6.45) is 0.0389. The number of methoxy groups -OCH3 is 2. The highest BCUT2D eigenvalue weighted by Crippen LogP contribution is 2.27. The van der Waals surface area contributed by atoms with Crippen LogP contribution in [0.25, 0.3) is 0 Å². The minimum absolute atomic E-state index is 0.0435. The number of anilines is 2. The number of carbonyl (C=O) groups excluding carboxylic acids is 1. The quantitative estimate of drug-likeness (QED) is 0.760. The van der Waals surface area contributed by atoms with E-state index in [1.54, 1.807) is 39.3 Å². The molecule has 112 valence electrons. The molecule has 0 aliphatic rings. The maximum Gasteiger partial charge on any atom is 0.224 e. The molecule has 6 heteroatoms. The van der Waals surface area contributed by atoms with Crippen molar-refractivity contribution in [3.63, 3.8) is 0 Å². The molecule has 0 saturated heterocycles. The summed E-state index contributed by atoms with van der Waals surface area (Å²) in [5.41, 5.74) is 1.41. The van der Waals surface area contributed by atoms with Gasteiger partial charge in [0.2, 0.25) is 5.91 Å². The zero-order valence-electron chi connectivity index (χ0n) is 12.2. The normalized spacial score (nSPS) is 12.3. The standard InChI is InChI=1S/C14H21ClN2O3/c1-5-13(18)17-10-6-7-11(15)12(8-10)16-9(2)14(19-3)20-4/h6-9,14,16H,5H2,1-4H3,(H,17,18). The lowest BCUT2D eigenvalue weighted by Crippen LogP contribution is -2.33. The smallest absolute Gasteiger partial charge is 0.224 e. The lowest BCUT2D eigenvalue weighted by molar-refractivity contribution is -0.115. The molecule has 1 rings (SSSR count). The van der Waals surface area contributed by atoms with Gasteiger partial charge in [0.05, 0.1) is 16.8 Å². The average Bonchev–Trinajstić information content (AvgIpc) is 2.43. The molecule has 5 nitrogen and oxygen atoms in total. The summed E-state index contributed by atoms with van der Waals surface area (Å²) in [6.45, 7) is 3.72. The lowest BCUT2D eigenvalue weighted by atomic mass is 10.2. The van der Waals surface area contributed by atoms with Crippen molar-refractivity contribution in [2.24, 2.45) is 0 Å². The van der Waals surface area contributed by atoms with Gasteiger partial charge in [-0.05, 0) is 25.1 Å². The van der Waals surface area contributed by atoms with E-state index in [-0.39, 0.29) is 18.2 Å². The SMILES string of the molecule is CCC(=O)Nc1ccc(Cl)c(NC(C)C(OC)OC)c1. The van der Waals surface area contributed by atoms with Gasteiger partial charge in [-0.1, -0.05) is 18.5 Å². The van der Waals surface area contributed by atoms with Crippen LogP contribution in [0.3, 0.4) is 0 Å². The monoisotopic (exact) mass is 300 g/mol. The van der Waals surface area contributed by atoms with Crippen LogP contribution in [0.1, 0.15) is 20.3 Å². The van der Waals surface area contributed by atoms with Crippen LogP contribution >= 0.6 is 11.6 Å². The van der Waals surface area contributed by atoms with Crippen molar-refractivity contribution >= 4 is 28.9 Å². The van der Waals surface area contributed by atoms with Crippen LogP contribution in [0, 0.1) is 0 Å². The second-order valence-corrected chi connectivity index (χ2v) is 4.78. The fourth-order valence-electron chi connectivity index (χ4n) is 1.78. The number of hydrogen-bond donors (Lipinski definition) is 2. The highest BCUT2D eigenvalue weighted by atomic mass is 35.5. The molecule has 1 unspecified atom stereocenters. The van der Waals surface area contributed by atoms with E-state index in [1.165, 1.54) is 0 Å². The molecular weight excluding hydrogens is 280 g/mol. The zero-order chi connectivity index (χ0) is 15.1. The number of rotatable bonds is 7. The predicted molar refractivity (Wildman–Crippen MR) is 81.3 cm³/mol. The van der Waals surface area contributed by atoms with Crippen LogP contribution in [0.2, 0.25) is 5.02 Å². The van der Waals surface area contributed by atoms with Gasteiger partial charge < -0.3 is 20.1 Å². The Hall–Kier alpha value is -1.30. The molecule has 1 aromatic rings. The molecule has 0 heterocycles. The molecule has 0 aliphatic heterocycles. The van der Waals surface area contributed by atoms with Crippen LogP contribution in [0.5, 0.6) is 0 Å². The van der Waals surface area contributed by atoms with E-state index < -0.39 is 0 Å². The predicted octanol–water partition coefficient (Wildman–Crippen LogP) is 3.11. The summed E-state index contributed by atoms with van der Waals surface area (Å²) in [5, 5.41) is 6.57. The van der Waals surface area contributed by atoms with E-state index in [4.69, 9.17) is 21.1 Å². The summed E-state index contributed by atoms with van der Waals surface area (Å²) in [6, 6.07) is 5.18. The van der Waals surface area contributed by atoms with Crippen LogP contribution < -0.4 is 10.6 Å². The van der Waals surface area contributed by atoms with Gasteiger partial charge in [0.25, 0.3) is 0 Å². The Labute approximate surface area is 124 Å². The molecule has 0 fully saturated rings. The number of nitrogens with one attached hydrogen (secondary N) is 2. The Morgan fingerprint density at radius 1 is 1.35 bits per heavy atom. The van der Waals surface area contributed by atoms with Crippen molar-refractivity contribution in [3.8, 4) is 0 Å². The summed E-state index contributed by atoms with van der Waals surface area (Å²) in [4.78, 5) is 11.4. The molecule has 0 spiro atoms. The van der Waals surface area contributed by atoms with Crippen molar-refractivity contribution in [3.05, 3.63) is 23.2 Å². The van der Waals surface area contributed by atoms with Gasteiger partial charge in [-0.15, -0.1) is 0 Å². The molecule has 2 N–H and O–H groups in total. The van der Waals surface area contributed by atoms with E-state index in [1.807, 2.05) is 6.92 Å². The van der Waals surface area contributed by atoms with Crippen molar-refractivity contribution in [1.29, 1.82) is 0 Å². The van der Waals surface area contributed by atoms with Gasteiger partial charge in [-0.2, -0.15) is 0 Å². The first-order valence-electron chi connectivity index (χ1n) is 6.43. The fraction of sp³-hybridized carbons (Fsp3) is 0.500. The van der Waals surface area contributed by atoms with E-state index in [2.05, 4.69) is 10.6 Å². The second kappa shape index (κ2) is 8.09. The van der Waals surface area contributed by atoms with Crippen molar-refractivity contribution in [1.82, 2.24) is 0 Å². The van der Waals surface area contributed by atoms with E-state index in [9.17, 15) is 4.79 Å². The Bertz CT molecular complexity index is 450. The summed E-state index contributed by atoms with van der Waals surface area (Å²) in [5.74, 6) is -0.0435. The maximum atomic E-state index is 11.4. The number of benzene rings is 1. The second-order valence-electron chi connectivity index (χ2n) is 4.37. The summed E-state index contributed by atoms with van der Waals surface area (Å²) in [7, 11) is 3.15. The Kier molecular flexibility index (Phi) is 6.78. The van der Waals surface area contributed by atoms with Gasteiger partial charge in [0, 0.05) is 26.3 Å². The van der Waals surface area contributed by atoms with Crippen LogP contribution in [-0.2, 0) is 14.3 Å². The Morgan fingerprint density at radius 3 is 2.55 bits per heavy atom. The average molecular weight is 301 g/mol. The van der Waals surface area contributed by atoms with Gasteiger partial charge in [-0.3, -0.25) is 4.79 Å². The Balaban J connectivity index is 2.83. The Morgan fingerprint density at radius 2 is 2.00 bits per heavy atom. The third kappa shape index (κ3) is 4.67. The molecule has 0 radical (unpaired) electrons.